The lowest BCUT2D eigenvalue weighted by Crippen LogP contribution is -2.45. The number of aromatic nitrogens is 1. The molecule has 1 saturated heterocycles. The normalized spacial score (nSPS) is 22.6. The summed E-state index contributed by atoms with van der Waals surface area (Å²) >= 11 is 0. The molecule has 2 unspecified atom stereocenters. The molecule has 2 atom stereocenters. The first-order chi connectivity index (χ1) is 9.58. The topological polar surface area (TPSA) is 80.5 Å². The highest BCUT2D eigenvalue weighted by atomic mass is 16.5. The van der Waals surface area contributed by atoms with Gasteiger partial charge in [-0.15, -0.1) is 0 Å². The van der Waals surface area contributed by atoms with Crippen LogP contribution < -0.4 is 16.0 Å². The third-order valence-electron chi connectivity index (χ3n) is 3.17. The molecule has 1 aromatic rings. The quantitative estimate of drug-likeness (QED) is 0.858. The van der Waals surface area contributed by atoms with Crippen molar-refractivity contribution >= 4 is 17.4 Å². The lowest BCUT2D eigenvalue weighted by molar-refractivity contribution is -0.116. The zero-order valence-electron chi connectivity index (χ0n) is 12.0. The summed E-state index contributed by atoms with van der Waals surface area (Å²) in [4.78, 5) is 17.9. The SMILES string of the molecule is CC1CN(c2ccc(NC(=O)CCN)nc2)CC(C)O1. The summed E-state index contributed by atoms with van der Waals surface area (Å²) in [5.41, 5.74) is 6.38. The Kier molecular flexibility index (Phi) is 4.92. The predicted molar refractivity (Wildman–Crippen MR) is 78.8 cm³/mol. The van der Waals surface area contributed by atoms with E-state index in [1.807, 2.05) is 12.1 Å². The molecule has 0 spiro atoms. The molecule has 1 aliphatic heterocycles. The number of ether oxygens (including phenoxy) is 1. The smallest absolute Gasteiger partial charge is 0.226 e. The Balaban J connectivity index is 1.99. The fraction of sp³-hybridized carbons (Fsp3) is 0.571. The molecule has 6 nitrogen and oxygen atoms in total. The summed E-state index contributed by atoms with van der Waals surface area (Å²) in [5, 5.41) is 2.72. The van der Waals surface area contributed by atoms with Gasteiger partial charge in [0.05, 0.1) is 24.1 Å². The maximum absolute atomic E-state index is 11.4. The summed E-state index contributed by atoms with van der Waals surface area (Å²) in [5.74, 6) is 0.447. The van der Waals surface area contributed by atoms with E-state index in [0.717, 1.165) is 18.8 Å². The fourth-order valence-electron chi connectivity index (χ4n) is 2.37. The van der Waals surface area contributed by atoms with Crippen LogP contribution in [0.1, 0.15) is 20.3 Å². The van der Waals surface area contributed by atoms with Crippen LogP contribution in [0, 0.1) is 0 Å². The molecule has 1 fully saturated rings. The Labute approximate surface area is 119 Å². The van der Waals surface area contributed by atoms with E-state index >= 15 is 0 Å². The number of morpholine rings is 1. The van der Waals surface area contributed by atoms with Gasteiger partial charge in [0.25, 0.3) is 0 Å². The van der Waals surface area contributed by atoms with Gasteiger partial charge in [0.2, 0.25) is 5.91 Å². The number of nitrogens with two attached hydrogens (primary N) is 1. The van der Waals surface area contributed by atoms with E-state index in [1.54, 1.807) is 6.20 Å². The molecule has 2 rings (SSSR count). The van der Waals surface area contributed by atoms with Gasteiger partial charge in [-0.05, 0) is 26.0 Å². The van der Waals surface area contributed by atoms with Crippen LogP contribution >= 0.6 is 0 Å². The fourth-order valence-corrected chi connectivity index (χ4v) is 2.37. The molecule has 1 amide bonds. The molecule has 0 saturated carbocycles. The second-order valence-electron chi connectivity index (χ2n) is 5.15. The van der Waals surface area contributed by atoms with Crippen LogP contribution in [0.25, 0.3) is 0 Å². The Morgan fingerprint density at radius 3 is 2.70 bits per heavy atom. The molecule has 6 heteroatoms. The molecule has 1 aromatic heterocycles. The molecule has 1 aliphatic rings. The molecule has 20 heavy (non-hydrogen) atoms. The van der Waals surface area contributed by atoms with Crippen LogP contribution in [-0.4, -0.2) is 42.7 Å². The lowest BCUT2D eigenvalue weighted by atomic mass is 10.2. The third-order valence-corrected chi connectivity index (χ3v) is 3.17. The number of rotatable bonds is 4. The second-order valence-corrected chi connectivity index (χ2v) is 5.15. The minimum atomic E-state index is -0.110. The van der Waals surface area contributed by atoms with E-state index in [4.69, 9.17) is 10.5 Å². The summed E-state index contributed by atoms with van der Waals surface area (Å²) in [6.07, 6.45) is 2.51. The molecule has 110 valence electrons. The summed E-state index contributed by atoms with van der Waals surface area (Å²) < 4.78 is 5.71. The van der Waals surface area contributed by atoms with Crippen molar-refractivity contribution in [1.29, 1.82) is 0 Å². The molecular weight excluding hydrogens is 256 g/mol. The van der Waals surface area contributed by atoms with E-state index in [0.29, 0.717) is 18.8 Å². The largest absolute Gasteiger partial charge is 0.372 e. The zero-order valence-corrected chi connectivity index (χ0v) is 12.0. The van der Waals surface area contributed by atoms with Crippen LogP contribution in [0.5, 0.6) is 0 Å². The first-order valence-electron chi connectivity index (χ1n) is 6.95. The van der Waals surface area contributed by atoms with Crippen molar-refractivity contribution in [3.8, 4) is 0 Å². The maximum atomic E-state index is 11.4. The van der Waals surface area contributed by atoms with E-state index in [1.165, 1.54) is 0 Å². The standard InChI is InChI=1S/C14H22N4O2/c1-10-8-18(9-11(2)20-10)12-3-4-13(16-7-12)17-14(19)5-6-15/h3-4,7,10-11H,5-6,8-9,15H2,1-2H3,(H,16,17,19). The van der Waals surface area contributed by atoms with Crippen molar-refractivity contribution in [2.75, 3.05) is 29.9 Å². The van der Waals surface area contributed by atoms with Crippen molar-refractivity contribution in [2.24, 2.45) is 5.73 Å². The zero-order chi connectivity index (χ0) is 14.5. The van der Waals surface area contributed by atoms with E-state index in [9.17, 15) is 4.79 Å². The van der Waals surface area contributed by atoms with Gasteiger partial charge in [-0.2, -0.15) is 0 Å². The number of carbonyl (C=O) groups is 1. The number of carbonyl (C=O) groups excluding carboxylic acids is 1. The molecule has 3 N–H and O–H groups in total. The first-order valence-corrected chi connectivity index (χ1v) is 6.95. The van der Waals surface area contributed by atoms with Crippen LogP contribution in [0.3, 0.4) is 0 Å². The highest BCUT2D eigenvalue weighted by molar-refractivity contribution is 5.89. The minimum Gasteiger partial charge on any atom is -0.372 e. The summed E-state index contributed by atoms with van der Waals surface area (Å²) in [7, 11) is 0. The van der Waals surface area contributed by atoms with Gasteiger partial charge in [-0.25, -0.2) is 4.98 Å². The molecule has 0 radical (unpaired) electrons. The molecule has 0 bridgehead atoms. The van der Waals surface area contributed by atoms with Crippen molar-refractivity contribution in [2.45, 2.75) is 32.5 Å². The Morgan fingerprint density at radius 2 is 2.15 bits per heavy atom. The predicted octanol–water partition coefficient (Wildman–Crippen LogP) is 0.982. The van der Waals surface area contributed by atoms with Crippen molar-refractivity contribution in [1.82, 2.24) is 4.98 Å². The van der Waals surface area contributed by atoms with Crippen LogP contribution in [-0.2, 0) is 9.53 Å². The van der Waals surface area contributed by atoms with E-state index in [2.05, 4.69) is 29.0 Å². The van der Waals surface area contributed by atoms with Gasteiger partial charge in [-0.3, -0.25) is 4.79 Å². The number of nitrogens with one attached hydrogen (secondary N) is 1. The number of amides is 1. The van der Waals surface area contributed by atoms with Gasteiger partial charge in [0, 0.05) is 26.1 Å². The minimum absolute atomic E-state index is 0.110. The van der Waals surface area contributed by atoms with Crippen molar-refractivity contribution in [3.05, 3.63) is 18.3 Å². The Morgan fingerprint density at radius 1 is 1.45 bits per heavy atom. The monoisotopic (exact) mass is 278 g/mol. The average Bonchev–Trinajstić information content (AvgIpc) is 2.38. The van der Waals surface area contributed by atoms with E-state index in [-0.39, 0.29) is 18.1 Å². The lowest BCUT2D eigenvalue weighted by Gasteiger charge is -2.36. The maximum Gasteiger partial charge on any atom is 0.226 e. The number of anilines is 2. The van der Waals surface area contributed by atoms with Gasteiger partial charge in [0.1, 0.15) is 5.82 Å². The van der Waals surface area contributed by atoms with Gasteiger partial charge in [-0.1, -0.05) is 0 Å². The average molecular weight is 278 g/mol. The number of pyridine rings is 1. The number of nitrogens with zero attached hydrogens (tertiary/aromatic N) is 2. The molecule has 0 aliphatic carbocycles. The van der Waals surface area contributed by atoms with Crippen LogP contribution in [0.2, 0.25) is 0 Å². The van der Waals surface area contributed by atoms with Gasteiger partial charge in [0.15, 0.2) is 0 Å². The molecule has 0 aromatic carbocycles. The first kappa shape index (κ1) is 14.7. The van der Waals surface area contributed by atoms with Crippen LogP contribution in [0.4, 0.5) is 11.5 Å². The highest BCUT2D eigenvalue weighted by Crippen LogP contribution is 2.20. The molecule has 2 heterocycles. The number of hydrogen-bond acceptors (Lipinski definition) is 5. The second kappa shape index (κ2) is 6.67. The van der Waals surface area contributed by atoms with Crippen molar-refractivity contribution < 1.29 is 9.53 Å². The Hall–Kier alpha value is -1.66. The Bertz CT molecular complexity index is 439. The van der Waals surface area contributed by atoms with E-state index < -0.39 is 0 Å². The summed E-state index contributed by atoms with van der Waals surface area (Å²) in [6.45, 7) is 6.18. The number of hydrogen-bond donors (Lipinski definition) is 2. The van der Waals surface area contributed by atoms with Crippen molar-refractivity contribution in [3.63, 3.8) is 0 Å². The molecular formula is C14H22N4O2. The highest BCUT2D eigenvalue weighted by Gasteiger charge is 2.22. The van der Waals surface area contributed by atoms with Gasteiger partial charge < -0.3 is 20.7 Å². The summed E-state index contributed by atoms with van der Waals surface area (Å²) in [6, 6.07) is 3.78. The third kappa shape index (κ3) is 3.91. The van der Waals surface area contributed by atoms with Gasteiger partial charge >= 0.3 is 0 Å². The van der Waals surface area contributed by atoms with Crippen LogP contribution in [0.15, 0.2) is 18.3 Å².